The molecule has 52 heavy (non-hydrogen) atoms. The maximum absolute atomic E-state index is 14.5. The van der Waals surface area contributed by atoms with E-state index in [4.69, 9.17) is 23.7 Å². The zero-order valence-electron chi connectivity index (χ0n) is 30.9. The monoisotopic (exact) mass is 735 g/mol. The van der Waals surface area contributed by atoms with Crippen molar-refractivity contribution < 1.29 is 36.9 Å². The number of aryl methyl sites for hydroxylation is 1. The Labute approximate surface area is 308 Å². The Balaban J connectivity index is 1.30. The van der Waals surface area contributed by atoms with Gasteiger partial charge in [-0.2, -0.15) is 4.31 Å². The zero-order valence-corrected chi connectivity index (χ0v) is 31.7. The fourth-order valence-electron chi connectivity index (χ4n) is 7.59. The molecule has 6 rings (SSSR count). The first kappa shape index (κ1) is 38.1. The number of benzene rings is 3. The molecular formula is C40H53N3O8S. The van der Waals surface area contributed by atoms with E-state index >= 15 is 0 Å². The number of anilines is 1. The van der Waals surface area contributed by atoms with Crippen molar-refractivity contribution in [1.29, 1.82) is 0 Å². The van der Waals surface area contributed by atoms with E-state index in [1.807, 2.05) is 67.3 Å². The van der Waals surface area contributed by atoms with E-state index in [-0.39, 0.29) is 29.2 Å². The van der Waals surface area contributed by atoms with E-state index in [0.29, 0.717) is 59.0 Å². The third-order valence-electron chi connectivity index (χ3n) is 10.5. The molecule has 2 fully saturated rings. The number of sulfonamides is 1. The van der Waals surface area contributed by atoms with Gasteiger partial charge in [0.25, 0.3) is 0 Å². The minimum Gasteiger partial charge on any atom is -0.497 e. The highest BCUT2D eigenvalue weighted by atomic mass is 32.2. The molecule has 2 saturated heterocycles. The minimum atomic E-state index is -3.93. The molecule has 3 heterocycles. The summed E-state index contributed by atoms with van der Waals surface area (Å²) in [6.45, 7) is 9.38. The Bertz CT molecular complexity index is 1730. The fraction of sp³-hybridized carbons (Fsp3) is 0.525. The summed E-state index contributed by atoms with van der Waals surface area (Å²) in [5.74, 6) is 1.12. The number of piperidine rings is 1. The Kier molecular flexibility index (Phi) is 12.8. The van der Waals surface area contributed by atoms with Crippen LogP contribution in [0, 0.1) is 12.8 Å². The van der Waals surface area contributed by atoms with E-state index in [2.05, 4.69) is 11.0 Å². The van der Waals surface area contributed by atoms with Gasteiger partial charge in [-0.3, -0.25) is 4.79 Å². The van der Waals surface area contributed by atoms with E-state index in [1.54, 1.807) is 30.7 Å². The van der Waals surface area contributed by atoms with Gasteiger partial charge in [-0.1, -0.05) is 42.8 Å². The summed E-state index contributed by atoms with van der Waals surface area (Å²) in [5.41, 5.74) is 4.03. The number of carbonyl (C=O) groups excluding carboxylic acids is 1. The molecule has 3 aliphatic rings. The second kappa shape index (κ2) is 17.4. The highest BCUT2D eigenvalue weighted by Crippen LogP contribution is 2.40. The summed E-state index contributed by atoms with van der Waals surface area (Å²) >= 11 is 0. The van der Waals surface area contributed by atoms with E-state index in [1.165, 1.54) is 0 Å². The summed E-state index contributed by atoms with van der Waals surface area (Å²) in [5, 5.41) is 0. The van der Waals surface area contributed by atoms with Crippen LogP contribution >= 0.6 is 0 Å². The van der Waals surface area contributed by atoms with Crippen molar-refractivity contribution >= 4 is 21.6 Å². The lowest BCUT2D eigenvalue weighted by Gasteiger charge is -2.44. The van der Waals surface area contributed by atoms with Gasteiger partial charge < -0.3 is 33.5 Å². The number of fused-ring (bicyclic) bond motifs is 1. The summed E-state index contributed by atoms with van der Waals surface area (Å²) in [7, 11) is -0.576. The summed E-state index contributed by atoms with van der Waals surface area (Å²) < 4.78 is 59.6. The molecule has 0 radical (unpaired) electrons. The molecule has 282 valence electrons. The van der Waals surface area contributed by atoms with Crippen LogP contribution in [0.1, 0.15) is 48.8 Å². The van der Waals surface area contributed by atoms with Crippen molar-refractivity contribution in [3.63, 3.8) is 0 Å². The second-order valence-electron chi connectivity index (χ2n) is 14.1. The molecule has 0 unspecified atom stereocenters. The van der Waals surface area contributed by atoms with Crippen molar-refractivity contribution in [3.8, 4) is 11.5 Å². The summed E-state index contributed by atoms with van der Waals surface area (Å²) in [6, 6.07) is 20.6. The average Bonchev–Trinajstić information content (AvgIpc) is 3.17. The maximum Gasteiger partial charge on any atom is 0.243 e. The topological polar surface area (TPSA) is 107 Å². The van der Waals surface area contributed by atoms with Crippen LogP contribution in [-0.2, 0) is 35.6 Å². The Morgan fingerprint density at radius 3 is 2.42 bits per heavy atom. The summed E-state index contributed by atoms with van der Waals surface area (Å²) in [6.07, 6.45) is 1.34. The first-order chi connectivity index (χ1) is 25.2. The van der Waals surface area contributed by atoms with Gasteiger partial charge in [0.2, 0.25) is 15.9 Å². The van der Waals surface area contributed by atoms with Crippen LogP contribution in [0.4, 0.5) is 5.69 Å². The van der Waals surface area contributed by atoms with E-state index < -0.39 is 22.2 Å². The number of ether oxygens (including phenoxy) is 5. The first-order valence-electron chi connectivity index (χ1n) is 18.4. The van der Waals surface area contributed by atoms with Crippen LogP contribution in [-0.4, -0.2) is 109 Å². The molecular weight excluding hydrogens is 683 g/mol. The molecule has 0 aliphatic carbocycles. The predicted octanol–water partition coefficient (Wildman–Crippen LogP) is 5.26. The fourth-order valence-corrected chi connectivity index (χ4v) is 9.25. The SMILES string of the molecule is COCCCN1CCOc2ccc(CO[C@H]3CN(S(=O)(=O)c4ccc(C)cc4)[C@@H](C[C@@H](C)C(=O)N4CCOCC4)C[C@@H]3c3ccc(OC)cc3)cc21. The van der Waals surface area contributed by atoms with Gasteiger partial charge in [-0.05, 0) is 73.7 Å². The smallest absolute Gasteiger partial charge is 0.243 e. The van der Waals surface area contributed by atoms with Crippen molar-refractivity contribution in [3.05, 3.63) is 83.4 Å². The van der Waals surface area contributed by atoms with Gasteiger partial charge >= 0.3 is 0 Å². The van der Waals surface area contributed by atoms with Crippen LogP contribution in [0.2, 0.25) is 0 Å². The van der Waals surface area contributed by atoms with Crippen molar-refractivity contribution in [1.82, 2.24) is 9.21 Å². The molecule has 3 aliphatic heterocycles. The van der Waals surface area contributed by atoms with Crippen LogP contribution < -0.4 is 14.4 Å². The lowest BCUT2D eigenvalue weighted by molar-refractivity contribution is -0.139. The molecule has 3 aromatic carbocycles. The van der Waals surface area contributed by atoms with Gasteiger partial charge in [-0.25, -0.2) is 8.42 Å². The van der Waals surface area contributed by atoms with Gasteiger partial charge in [-0.15, -0.1) is 0 Å². The molecule has 1 amide bonds. The number of rotatable bonds is 14. The van der Waals surface area contributed by atoms with Crippen LogP contribution in [0.15, 0.2) is 71.6 Å². The number of morpholine rings is 1. The summed E-state index contributed by atoms with van der Waals surface area (Å²) in [4.78, 5) is 18.0. The molecule has 0 aromatic heterocycles. The molecule has 0 bridgehead atoms. The molecule has 3 aromatic rings. The van der Waals surface area contributed by atoms with Crippen molar-refractivity contribution in [2.75, 3.05) is 78.3 Å². The minimum absolute atomic E-state index is 0.0306. The van der Waals surface area contributed by atoms with Crippen LogP contribution in [0.25, 0.3) is 0 Å². The van der Waals surface area contributed by atoms with Gasteiger partial charge in [0.15, 0.2) is 0 Å². The number of hydrogen-bond donors (Lipinski definition) is 0. The number of carbonyl (C=O) groups is 1. The number of hydrogen-bond acceptors (Lipinski definition) is 9. The Morgan fingerprint density at radius 1 is 0.962 bits per heavy atom. The third-order valence-corrected chi connectivity index (χ3v) is 12.4. The predicted molar refractivity (Wildman–Crippen MR) is 200 cm³/mol. The average molecular weight is 736 g/mol. The molecule has 4 atom stereocenters. The quantitative estimate of drug-likeness (QED) is 0.205. The molecule has 0 spiro atoms. The first-order valence-corrected chi connectivity index (χ1v) is 19.8. The van der Waals surface area contributed by atoms with E-state index in [0.717, 1.165) is 53.4 Å². The van der Waals surface area contributed by atoms with E-state index in [9.17, 15) is 13.2 Å². The second-order valence-corrected chi connectivity index (χ2v) is 16.0. The van der Waals surface area contributed by atoms with Crippen molar-refractivity contribution in [2.24, 2.45) is 5.92 Å². The molecule has 0 saturated carbocycles. The van der Waals surface area contributed by atoms with Crippen LogP contribution in [0.5, 0.6) is 11.5 Å². The van der Waals surface area contributed by atoms with Crippen LogP contribution in [0.3, 0.4) is 0 Å². The standard InChI is InChI=1S/C40H53N3O8S/c1-29-6-13-35(14-7-29)52(45,46)43-27-39(51-28-31-8-15-38-37(25-31)41(19-23-50-38)16-5-20-47-3)36(32-9-11-34(48-4)12-10-32)26-33(43)24-30(2)40(44)42-17-21-49-22-18-42/h6-15,25,30,33,36,39H,5,16-24,26-28H2,1-4H3/t30-,33+,36-,39+/m1/s1. The highest BCUT2D eigenvalue weighted by Gasteiger charge is 2.44. The molecule has 0 N–H and O–H groups in total. The normalized spacial score (nSPS) is 21.7. The lowest BCUT2D eigenvalue weighted by Crippen LogP contribution is -2.53. The number of nitrogens with zero attached hydrogens (tertiary/aromatic N) is 3. The highest BCUT2D eigenvalue weighted by molar-refractivity contribution is 7.89. The molecule has 11 nitrogen and oxygen atoms in total. The Morgan fingerprint density at radius 2 is 1.71 bits per heavy atom. The molecule has 12 heteroatoms. The largest absolute Gasteiger partial charge is 0.497 e. The third kappa shape index (κ3) is 8.91. The van der Waals surface area contributed by atoms with Gasteiger partial charge in [0.05, 0.1) is 50.2 Å². The lowest BCUT2D eigenvalue weighted by atomic mass is 9.81. The maximum atomic E-state index is 14.5. The van der Waals surface area contributed by atoms with Gasteiger partial charge in [0, 0.05) is 57.8 Å². The van der Waals surface area contributed by atoms with Gasteiger partial charge in [0.1, 0.15) is 18.1 Å². The van der Waals surface area contributed by atoms with Crippen molar-refractivity contribution in [2.45, 2.75) is 62.7 Å². The number of methoxy groups -OCH3 is 2. The zero-order chi connectivity index (χ0) is 36.7. The number of amides is 1. The Hall–Kier alpha value is -3.68.